The zero-order valence-corrected chi connectivity index (χ0v) is 21.7. The van der Waals surface area contributed by atoms with Crippen molar-refractivity contribution in [1.29, 1.82) is 0 Å². The summed E-state index contributed by atoms with van der Waals surface area (Å²) in [5.74, 6) is 0.458. The molecule has 3 aromatic carbocycles. The fourth-order valence-electron chi connectivity index (χ4n) is 3.91. The molecule has 0 N–H and O–H groups in total. The number of benzene rings is 3. The number of hydrogen-bond acceptors (Lipinski definition) is 7. The monoisotopic (exact) mass is 535 g/mol. The molecular formula is C27H23Cl2N5O3. The molecule has 37 heavy (non-hydrogen) atoms. The van der Waals surface area contributed by atoms with Crippen molar-refractivity contribution in [3.63, 3.8) is 0 Å². The first-order chi connectivity index (χ1) is 18.1. The van der Waals surface area contributed by atoms with E-state index in [1.54, 1.807) is 10.9 Å². The average molecular weight is 536 g/mol. The number of hydrogen-bond donors (Lipinski definition) is 0. The first-order valence-electron chi connectivity index (χ1n) is 11.5. The largest absolute Gasteiger partial charge is 0.477 e. The van der Waals surface area contributed by atoms with Crippen LogP contribution < -0.4 is 9.47 Å². The van der Waals surface area contributed by atoms with Gasteiger partial charge in [-0.2, -0.15) is 15.0 Å². The lowest BCUT2D eigenvalue weighted by atomic mass is 10.0. The van der Waals surface area contributed by atoms with Crippen LogP contribution in [0.5, 0.6) is 11.8 Å². The Labute approximate surface area is 223 Å². The summed E-state index contributed by atoms with van der Waals surface area (Å²) in [7, 11) is 2.99. The molecule has 0 radical (unpaired) electrons. The summed E-state index contributed by atoms with van der Waals surface area (Å²) in [5.41, 5.74) is 4.58. The van der Waals surface area contributed by atoms with E-state index < -0.39 is 0 Å². The van der Waals surface area contributed by atoms with E-state index in [9.17, 15) is 0 Å². The molecule has 8 nitrogen and oxygen atoms in total. The van der Waals surface area contributed by atoms with E-state index in [2.05, 4.69) is 9.97 Å². The molecule has 0 spiro atoms. The molecule has 5 rings (SSSR count). The van der Waals surface area contributed by atoms with Crippen LogP contribution in [0.25, 0.3) is 33.5 Å². The van der Waals surface area contributed by atoms with Crippen LogP contribution >= 0.6 is 23.2 Å². The number of ether oxygens (including phenoxy) is 3. The Morgan fingerprint density at radius 2 is 1.46 bits per heavy atom. The Morgan fingerprint density at radius 1 is 0.811 bits per heavy atom. The molecule has 188 valence electrons. The summed E-state index contributed by atoms with van der Waals surface area (Å²) in [4.78, 5) is 10.8. The van der Waals surface area contributed by atoms with Gasteiger partial charge in [-0.15, -0.1) is 0 Å². The molecule has 0 aliphatic heterocycles. The van der Waals surface area contributed by atoms with Gasteiger partial charge in [-0.3, -0.25) is 0 Å². The molecule has 5 aromatic rings. The number of methoxy groups -OCH3 is 2. The Balaban J connectivity index is 1.58. The fraction of sp³-hybridized carbons (Fsp3) is 0.185. The zero-order chi connectivity index (χ0) is 25.8. The predicted octanol–water partition coefficient (Wildman–Crippen LogP) is 6.10. The highest BCUT2D eigenvalue weighted by Gasteiger charge is 2.24. The second-order valence-electron chi connectivity index (χ2n) is 8.05. The number of halogens is 2. The highest BCUT2D eigenvalue weighted by Crippen LogP contribution is 2.42. The second kappa shape index (κ2) is 11.1. The Morgan fingerprint density at radius 3 is 2.16 bits per heavy atom. The molecular weight excluding hydrogens is 513 g/mol. The third-order valence-electron chi connectivity index (χ3n) is 5.66. The molecule has 2 heterocycles. The molecule has 0 saturated heterocycles. The van der Waals surface area contributed by atoms with Gasteiger partial charge in [0.1, 0.15) is 16.9 Å². The topological polar surface area (TPSA) is 84.2 Å². The van der Waals surface area contributed by atoms with Crippen LogP contribution in [0.3, 0.4) is 0 Å². The third kappa shape index (κ3) is 5.22. The van der Waals surface area contributed by atoms with Gasteiger partial charge in [0.2, 0.25) is 0 Å². The minimum atomic E-state index is 0.220. The molecule has 0 saturated carbocycles. The molecule has 0 amide bonds. The number of fused-ring (bicyclic) bond motifs is 1. The van der Waals surface area contributed by atoms with E-state index in [1.165, 1.54) is 14.2 Å². The third-order valence-corrected chi connectivity index (χ3v) is 6.45. The van der Waals surface area contributed by atoms with Crippen molar-refractivity contribution in [2.45, 2.75) is 13.2 Å². The van der Waals surface area contributed by atoms with Gasteiger partial charge in [0, 0.05) is 5.56 Å². The van der Waals surface area contributed by atoms with E-state index in [4.69, 9.17) is 47.6 Å². The summed E-state index contributed by atoms with van der Waals surface area (Å²) < 4.78 is 16.6. The van der Waals surface area contributed by atoms with Gasteiger partial charge in [0.15, 0.2) is 0 Å². The minimum absolute atomic E-state index is 0.220. The lowest BCUT2D eigenvalue weighted by Crippen LogP contribution is -2.09. The lowest BCUT2D eigenvalue weighted by molar-refractivity contribution is 0.108. The van der Waals surface area contributed by atoms with Gasteiger partial charge in [0.05, 0.1) is 55.1 Å². The SMILES string of the molecule is COc1nc2cc(Cl)c(Cl)c(-c3nn(CCOCc4ccccc4)nc3-c3ccccc3)c2nc1OC. The van der Waals surface area contributed by atoms with Crippen molar-refractivity contribution >= 4 is 34.2 Å². The van der Waals surface area contributed by atoms with Gasteiger partial charge >= 0.3 is 0 Å². The average Bonchev–Trinajstić information content (AvgIpc) is 3.36. The first kappa shape index (κ1) is 25.0. The summed E-state index contributed by atoms with van der Waals surface area (Å²) in [5, 5.41) is 10.2. The molecule has 0 fully saturated rings. The van der Waals surface area contributed by atoms with Crippen molar-refractivity contribution < 1.29 is 14.2 Å². The van der Waals surface area contributed by atoms with E-state index >= 15 is 0 Å². The Kier molecular flexibility index (Phi) is 7.50. The molecule has 0 aliphatic carbocycles. The summed E-state index contributed by atoms with van der Waals surface area (Å²) in [6.07, 6.45) is 0. The van der Waals surface area contributed by atoms with E-state index in [1.807, 2.05) is 60.7 Å². The molecule has 10 heteroatoms. The van der Waals surface area contributed by atoms with Crippen molar-refractivity contribution in [1.82, 2.24) is 25.0 Å². The summed E-state index contributed by atoms with van der Waals surface area (Å²) >= 11 is 13.3. The van der Waals surface area contributed by atoms with Crippen molar-refractivity contribution in [3.8, 4) is 34.3 Å². The van der Waals surface area contributed by atoms with Crippen molar-refractivity contribution in [2.75, 3.05) is 20.8 Å². The number of nitrogens with zero attached hydrogens (tertiary/aromatic N) is 5. The van der Waals surface area contributed by atoms with Gasteiger partial charge < -0.3 is 14.2 Å². The summed E-state index contributed by atoms with van der Waals surface area (Å²) in [6, 6.07) is 21.4. The molecule has 0 atom stereocenters. The number of aromatic nitrogens is 5. The quantitative estimate of drug-likeness (QED) is 0.211. The second-order valence-corrected chi connectivity index (χ2v) is 8.84. The smallest absolute Gasteiger partial charge is 0.278 e. The molecule has 0 aliphatic rings. The first-order valence-corrected chi connectivity index (χ1v) is 12.2. The standard InChI is InChI=1S/C27H23Cl2N5O3/c1-35-26-27(36-2)31-24-20(30-26)15-19(28)22(29)21(24)25-23(18-11-7-4-8-12-18)32-34(33-25)13-14-37-16-17-9-5-3-6-10-17/h3-12,15H,13-14,16H2,1-2H3. The van der Waals surface area contributed by atoms with Crippen LogP contribution in [-0.2, 0) is 17.9 Å². The molecule has 0 unspecified atom stereocenters. The van der Waals surface area contributed by atoms with Gasteiger partial charge in [0.25, 0.3) is 11.8 Å². The Bertz CT molecular complexity index is 1530. The van der Waals surface area contributed by atoms with Gasteiger partial charge in [-0.25, -0.2) is 9.97 Å². The van der Waals surface area contributed by atoms with Crippen LogP contribution in [0.15, 0.2) is 66.7 Å². The van der Waals surface area contributed by atoms with Crippen LogP contribution in [-0.4, -0.2) is 45.8 Å². The maximum Gasteiger partial charge on any atom is 0.278 e. The maximum atomic E-state index is 6.77. The van der Waals surface area contributed by atoms with Crippen molar-refractivity contribution in [2.24, 2.45) is 0 Å². The lowest BCUT2D eigenvalue weighted by Gasteiger charge is -2.12. The van der Waals surface area contributed by atoms with Crippen LogP contribution in [0, 0.1) is 0 Å². The summed E-state index contributed by atoms with van der Waals surface area (Å²) in [6.45, 7) is 1.36. The van der Waals surface area contributed by atoms with Crippen molar-refractivity contribution in [3.05, 3.63) is 82.3 Å². The fourth-order valence-corrected chi connectivity index (χ4v) is 4.34. The van der Waals surface area contributed by atoms with Crippen LogP contribution in [0.1, 0.15) is 5.56 Å². The van der Waals surface area contributed by atoms with E-state index in [0.717, 1.165) is 11.1 Å². The van der Waals surface area contributed by atoms with E-state index in [0.29, 0.717) is 57.8 Å². The maximum absolute atomic E-state index is 6.77. The van der Waals surface area contributed by atoms with Gasteiger partial charge in [-0.1, -0.05) is 83.9 Å². The predicted molar refractivity (Wildman–Crippen MR) is 143 cm³/mol. The Hall–Kier alpha value is -3.72. The van der Waals surface area contributed by atoms with Crippen LogP contribution in [0.4, 0.5) is 0 Å². The highest BCUT2D eigenvalue weighted by molar-refractivity contribution is 6.45. The van der Waals surface area contributed by atoms with Gasteiger partial charge in [-0.05, 0) is 11.6 Å². The van der Waals surface area contributed by atoms with E-state index in [-0.39, 0.29) is 11.8 Å². The minimum Gasteiger partial charge on any atom is -0.477 e. The molecule has 0 bridgehead atoms. The zero-order valence-electron chi connectivity index (χ0n) is 20.2. The normalized spacial score (nSPS) is 11.1. The highest BCUT2D eigenvalue weighted by atomic mass is 35.5. The molecule has 2 aromatic heterocycles. The van der Waals surface area contributed by atoms with Crippen LogP contribution in [0.2, 0.25) is 10.0 Å². The number of rotatable bonds is 9.